The third-order valence-corrected chi connectivity index (χ3v) is 4.72. The molecule has 132 valence electrons. The van der Waals surface area contributed by atoms with Crippen molar-refractivity contribution in [2.75, 3.05) is 35.2 Å². The quantitative estimate of drug-likeness (QED) is 0.788. The Bertz CT molecular complexity index is 724. The highest BCUT2D eigenvalue weighted by atomic mass is 35.5. The molecule has 1 saturated heterocycles. The Balaban J connectivity index is 1.45. The predicted molar refractivity (Wildman–Crippen MR) is 106 cm³/mol. The molecule has 0 bridgehead atoms. The van der Waals surface area contributed by atoms with Crippen LogP contribution in [0.4, 0.5) is 17.1 Å². The van der Waals surface area contributed by atoms with E-state index >= 15 is 0 Å². The molecular weight excluding hydrogens is 334 g/mol. The first kappa shape index (κ1) is 17.6. The second-order valence-corrected chi connectivity index (χ2v) is 6.86. The molecule has 0 radical (unpaired) electrons. The number of anilines is 3. The minimum Gasteiger partial charge on any atom is -0.385 e. The lowest BCUT2D eigenvalue weighted by Gasteiger charge is -2.18. The second kappa shape index (κ2) is 8.26. The van der Waals surface area contributed by atoms with E-state index in [-0.39, 0.29) is 5.91 Å². The number of nitrogens with zero attached hydrogens (tertiary/aromatic N) is 1. The molecule has 2 aromatic rings. The molecule has 0 aromatic heterocycles. The van der Waals surface area contributed by atoms with Gasteiger partial charge in [-0.25, -0.2) is 0 Å². The Hall–Kier alpha value is -2.20. The summed E-state index contributed by atoms with van der Waals surface area (Å²) in [6, 6.07) is 13.9. The van der Waals surface area contributed by atoms with Crippen LogP contribution in [-0.2, 0) is 4.79 Å². The van der Waals surface area contributed by atoms with E-state index in [2.05, 4.69) is 39.8 Å². The van der Waals surface area contributed by atoms with Gasteiger partial charge in [-0.05, 0) is 67.8 Å². The number of nitrogens with one attached hydrogen (secondary N) is 2. The van der Waals surface area contributed by atoms with Crippen LogP contribution in [-0.4, -0.2) is 25.5 Å². The number of hydrogen-bond donors (Lipinski definition) is 2. The lowest BCUT2D eigenvalue weighted by atomic mass is 10.2. The number of rotatable bonds is 6. The maximum absolute atomic E-state index is 12.1. The number of carbonyl (C=O) groups excluding carboxylic acids is 1. The summed E-state index contributed by atoms with van der Waals surface area (Å²) in [5, 5.41) is 6.90. The average Bonchev–Trinajstić information content (AvgIpc) is 3.13. The molecule has 5 heteroatoms. The molecule has 1 aliphatic heterocycles. The van der Waals surface area contributed by atoms with Gasteiger partial charge in [0.05, 0.1) is 0 Å². The number of benzene rings is 2. The van der Waals surface area contributed by atoms with Crippen molar-refractivity contribution in [3.8, 4) is 0 Å². The van der Waals surface area contributed by atoms with E-state index in [1.807, 2.05) is 19.1 Å². The van der Waals surface area contributed by atoms with E-state index < -0.39 is 0 Å². The average molecular weight is 358 g/mol. The molecule has 1 fully saturated rings. The number of halogens is 1. The van der Waals surface area contributed by atoms with E-state index in [1.165, 1.54) is 18.5 Å². The van der Waals surface area contributed by atoms with Crippen LogP contribution in [0.2, 0.25) is 5.02 Å². The molecule has 0 saturated carbocycles. The van der Waals surface area contributed by atoms with Crippen LogP contribution in [0.25, 0.3) is 0 Å². The van der Waals surface area contributed by atoms with Crippen LogP contribution in [0.1, 0.15) is 24.8 Å². The van der Waals surface area contributed by atoms with Crippen molar-refractivity contribution in [2.24, 2.45) is 0 Å². The van der Waals surface area contributed by atoms with Gasteiger partial charge in [-0.1, -0.05) is 11.6 Å². The zero-order chi connectivity index (χ0) is 17.6. The highest BCUT2D eigenvalue weighted by Crippen LogP contribution is 2.22. The first-order valence-electron chi connectivity index (χ1n) is 8.77. The van der Waals surface area contributed by atoms with E-state index in [0.717, 1.165) is 30.0 Å². The lowest BCUT2D eigenvalue weighted by molar-refractivity contribution is -0.115. The summed E-state index contributed by atoms with van der Waals surface area (Å²) in [5.41, 5.74) is 4.09. The van der Waals surface area contributed by atoms with Crippen LogP contribution < -0.4 is 15.5 Å². The molecule has 2 aromatic carbocycles. The summed E-state index contributed by atoms with van der Waals surface area (Å²) in [7, 11) is 0. The van der Waals surface area contributed by atoms with Gasteiger partial charge in [0.25, 0.3) is 0 Å². The van der Waals surface area contributed by atoms with Crippen LogP contribution in [0.5, 0.6) is 0 Å². The zero-order valence-corrected chi connectivity index (χ0v) is 15.3. The molecule has 25 heavy (non-hydrogen) atoms. The van der Waals surface area contributed by atoms with Gasteiger partial charge in [-0.15, -0.1) is 0 Å². The predicted octanol–water partition coefficient (Wildman–Crippen LogP) is 4.69. The number of hydrogen-bond acceptors (Lipinski definition) is 3. The Morgan fingerprint density at radius 2 is 1.84 bits per heavy atom. The smallest absolute Gasteiger partial charge is 0.226 e. The molecule has 4 nitrogen and oxygen atoms in total. The third kappa shape index (κ3) is 4.89. The van der Waals surface area contributed by atoms with Crippen molar-refractivity contribution in [2.45, 2.75) is 26.2 Å². The van der Waals surface area contributed by atoms with Gasteiger partial charge in [0.2, 0.25) is 5.91 Å². The van der Waals surface area contributed by atoms with E-state index in [4.69, 9.17) is 11.6 Å². The molecule has 1 aliphatic rings. The van der Waals surface area contributed by atoms with Crippen molar-refractivity contribution in [3.63, 3.8) is 0 Å². The fraction of sp³-hybridized carbons (Fsp3) is 0.350. The molecule has 2 N–H and O–H groups in total. The summed E-state index contributed by atoms with van der Waals surface area (Å²) < 4.78 is 0. The summed E-state index contributed by atoms with van der Waals surface area (Å²) in [5.74, 6) is -0.00777. The fourth-order valence-corrected chi connectivity index (χ4v) is 3.29. The summed E-state index contributed by atoms with van der Waals surface area (Å²) in [4.78, 5) is 14.5. The maximum Gasteiger partial charge on any atom is 0.226 e. The Morgan fingerprint density at radius 3 is 2.52 bits per heavy atom. The van der Waals surface area contributed by atoms with Gasteiger partial charge in [0, 0.05) is 48.1 Å². The van der Waals surface area contributed by atoms with Crippen LogP contribution in [0.15, 0.2) is 42.5 Å². The van der Waals surface area contributed by atoms with E-state index in [1.54, 1.807) is 6.07 Å². The van der Waals surface area contributed by atoms with Crippen molar-refractivity contribution >= 4 is 34.6 Å². The molecule has 0 spiro atoms. The number of aryl methyl sites for hydroxylation is 1. The third-order valence-electron chi connectivity index (χ3n) is 4.48. The minimum atomic E-state index is -0.00777. The first-order valence-corrected chi connectivity index (χ1v) is 9.14. The topological polar surface area (TPSA) is 44.4 Å². The Morgan fingerprint density at radius 1 is 1.12 bits per heavy atom. The highest BCUT2D eigenvalue weighted by molar-refractivity contribution is 6.30. The van der Waals surface area contributed by atoms with Crippen molar-refractivity contribution in [1.29, 1.82) is 0 Å². The normalized spacial score (nSPS) is 13.8. The molecule has 1 heterocycles. The lowest BCUT2D eigenvalue weighted by Crippen LogP contribution is -2.18. The Labute approximate surface area is 154 Å². The summed E-state index contributed by atoms with van der Waals surface area (Å²) in [6.45, 7) is 4.83. The van der Waals surface area contributed by atoms with E-state index in [0.29, 0.717) is 18.0 Å². The van der Waals surface area contributed by atoms with Gasteiger partial charge in [-0.2, -0.15) is 0 Å². The van der Waals surface area contributed by atoms with Crippen molar-refractivity contribution < 1.29 is 4.79 Å². The number of amides is 1. The van der Waals surface area contributed by atoms with Gasteiger partial charge >= 0.3 is 0 Å². The van der Waals surface area contributed by atoms with Gasteiger partial charge in [0.15, 0.2) is 0 Å². The minimum absolute atomic E-state index is 0.00777. The second-order valence-electron chi connectivity index (χ2n) is 6.43. The van der Waals surface area contributed by atoms with Crippen LogP contribution >= 0.6 is 11.6 Å². The highest BCUT2D eigenvalue weighted by Gasteiger charge is 2.11. The maximum atomic E-state index is 12.1. The molecule has 0 unspecified atom stereocenters. The summed E-state index contributed by atoms with van der Waals surface area (Å²) >= 11 is 5.93. The van der Waals surface area contributed by atoms with Crippen molar-refractivity contribution in [3.05, 3.63) is 53.1 Å². The molecular formula is C20H24ClN3O. The van der Waals surface area contributed by atoms with Crippen molar-refractivity contribution in [1.82, 2.24) is 0 Å². The van der Waals surface area contributed by atoms with Gasteiger partial charge < -0.3 is 15.5 Å². The summed E-state index contributed by atoms with van der Waals surface area (Å²) in [6.07, 6.45) is 2.97. The molecule has 3 rings (SSSR count). The molecule has 0 atom stereocenters. The zero-order valence-electron chi connectivity index (χ0n) is 14.5. The first-order chi connectivity index (χ1) is 12.1. The number of carbonyl (C=O) groups is 1. The monoisotopic (exact) mass is 357 g/mol. The Kier molecular flexibility index (Phi) is 5.82. The standard InChI is InChI=1S/C20H24ClN3O/c1-15-14-16(21)4-9-19(15)23-20(25)10-11-22-17-5-7-18(8-6-17)24-12-2-3-13-24/h4-9,14,22H,2-3,10-13H2,1H3,(H,23,25). The largest absolute Gasteiger partial charge is 0.385 e. The van der Waals surface area contributed by atoms with Gasteiger partial charge in [-0.3, -0.25) is 4.79 Å². The van der Waals surface area contributed by atoms with Crippen LogP contribution in [0, 0.1) is 6.92 Å². The molecule has 1 amide bonds. The van der Waals surface area contributed by atoms with Crippen LogP contribution in [0.3, 0.4) is 0 Å². The van der Waals surface area contributed by atoms with E-state index in [9.17, 15) is 4.79 Å². The molecule has 0 aliphatic carbocycles. The fourth-order valence-electron chi connectivity index (χ4n) is 3.07. The SMILES string of the molecule is Cc1cc(Cl)ccc1NC(=O)CCNc1ccc(N2CCCC2)cc1. The van der Waals surface area contributed by atoms with Gasteiger partial charge in [0.1, 0.15) is 0 Å².